The lowest BCUT2D eigenvalue weighted by atomic mass is 10.3. The lowest BCUT2D eigenvalue weighted by molar-refractivity contribution is 0.785. The monoisotopic (exact) mass is 238 g/mol. The summed E-state index contributed by atoms with van der Waals surface area (Å²) >= 11 is 5.55. The number of unbranched alkanes of at least 4 members (excludes halogenated alkanes) is 2. The molecule has 68 valence electrons. The van der Waals surface area contributed by atoms with E-state index >= 15 is 0 Å². The summed E-state index contributed by atoms with van der Waals surface area (Å²) in [7, 11) is 0. The van der Waals surface area contributed by atoms with Crippen LogP contribution in [0.5, 0.6) is 0 Å². The Morgan fingerprint density at radius 3 is 2.55 bits per heavy atom. The molecule has 0 aromatic rings. The van der Waals surface area contributed by atoms with Crippen molar-refractivity contribution in [2.24, 2.45) is 0 Å². The molecule has 0 saturated carbocycles. The van der Waals surface area contributed by atoms with Gasteiger partial charge in [-0.05, 0) is 25.0 Å². The lowest BCUT2D eigenvalue weighted by Crippen LogP contribution is -1.94. The van der Waals surface area contributed by atoms with Gasteiger partial charge in [-0.25, -0.2) is 0 Å². The molecule has 0 amide bonds. The van der Waals surface area contributed by atoms with Crippen LogP contribution in [0.15, 0.2) is 0 Å². The van der Waals surface area contributed by atoms with Crippen LogP contribution in [0, 0.1) is 0 Å². The van der Waals surface area contributed by atoms with Crippen LogP contribution in [0.4, 0.5) is 0 Å². The molecule has 0 bridgehead atoms. The summed E-state index contributed by atoms with van der Waals surface area (Å²) in [5.41, 5.74) is 0. The standard InChI is InChI=1S/C9H19BrS/c1-3-9(2)11-8-6-4-5-7-10/h9H,3-8H2,1-2H3. The molecule has 0 fully saturated rings. The molecule has 0 N–H and O–H groups in total. The predicted molar refractivity (Wildman–Crippen MR) is 59.9 cm³/mol. The molecule has 0 spiro atoms. The molecule has 2 heteroatoms. The maximum Gasteiger partial charge on any atom is 0.00313 e. The lowest BCUT2D eigenvalue weighted by Gasteiger charge is -2.06. The summed E-state index contributed by atoms with van der Waals surface area (Å²) in [5, 5.41) is 2.03. The Kier molecular flexibility index (Phi) is 9.60. The van der Waals surface area contributed by atoms with Crippen molar-refractivity contribution >= 4 is 27.7 Å². The highest BCUT2D eigenvalue weighted by atomic mass is 79.9. The first-order chi connectivity index (χ1) is 5.31. The smallest absolute Gasteiger partial charge is 0.00313 e. The normalized spacial score (nSPS) is 13.4. The van der Waals surface area contributed by atoms with Gasteiger partial charge in [-0.1, -0.05) is 36.2 Å². The second kappa shape index (κ2) is 8.92. The fraction of sp³-hybridized carbons (Fsp3) is 1.00. The molecule has 0 aliphatic carbocycles. The third-order valence-corrected chi connectivity index (χ3v) is 3.74. The number of halogens is 1. The first-order valence-corrected chi connectivity index (χ1v) is 6.65. The molecule has 0 saturated heterocycles. The van der Waals surface area contributed by atoms with E-state index in [1.807, 2.05) is 0 Å². The van der Waals surface area contributed by atoms with Gasteiger partial charge in [0.05, 0.1) is 0 Å². The van der Waals surface area contributed by atoms with Gasteiger partial charge in [0.1, 0.15) is 0 Å². The van der Waals surface area contributed by atoms with Gasteiger partial charge < -0.3 is 0 Å². The second-order valence-corrected chi connectivity index (χ2v) is 5.18. The molecule has 0 rings (SSSR count). The number of thioether (sulfide) groups is 1. The largest absolute Gasteiger partial charge is 0.159 e. The molecule has 0 heterocycles. The van der Waals surface area contributed by atoms with Crippen molar-refractivity contribution in [3.63, 3.8) is 0 Å². The first-order valence-electron chi connectivity index (χ1n) is 4.48. The second-order valence-electron chi connectivity index (χ2n) is 2.84. The Hall–Kier alpha value is 0.830. The van der Waals surface area contributed by atoms with E-state index in [-0.39, 0.29) is 0 Å². The molecule has 0 nitrogen and oxygen atoms in total. The van der Waals surface area contributed by atoms with Crippen molar-refractivity contribution < 1.29 is 0 Å². The van der Waals surface area contributed by atoms with E-state index in [2.05, 4.69) is 41.5 Å². The van der Waals surface area contributed by atoms with Crippen LogP contribution < -0.4 is 0 Å². The molecule has 1 atom stereocenters. The molecular weight excluding hydrogens is 220 g/mol. The minimum Gasteiger partial charge on any atom is -0.159 e. The van der Waals surface area contributed by atoms with Gasteiger partial charge in [0.25, 0.3) is 0 Å². The average molecular weight is 239 g/mol. The summed E-state index contributed by atoms with van der Waals surface area (Å²) in [5.74, 6) is 1.35. The van der Waals surface area contributed by atoms with E-state index in [1.165, 1.54) is 36.8 Å². The number of rotatable bonds is 7. The van der Waals surface area contributed by atoms with Gasteiger partial charge in [-0.2, -0.15) is 11.8 Å². The van der Waals surface area contributed by atoms with Gasteiger partial charge in [0.15, 0.2) is 0 Å². The van der Waals surface area contributed by atoms with Crippen LogP contribution in [0.3, 0.4) is 0 Å². The third-order valence-electron chi connectivity index (χ3n) is 1.76. The van der Waals surface area contributed by atoms with Crippen molar-refractivity contribution in [3.05, 3.63) is 0 Å². The first kappa shape index (κ1) is 11.8. The van der Waals surface area contributed by atoms with E-state index in [4.69, 9.17) is 0 Å². The molecule has 0 aromatic carbocycles. The van der Waals surface area contributed by atoms with E-state index in [1.54, 1.807) is 0 Å². The summed E-state index contributed by atoms with van der Waals surface area (Å²) in [6, 6.07) is 0. The van der Waals surface area contributed by atoms with Crippen LogP contribution in [0.1, 0.15) is 39.5 Å². The van der Waals surface area contributed by atoms with Gasteiger partial charge in [0, 0.05) is 10.6 Å². The van der Waals surface area contributed by atoms with E-state index in [9.17, 15) is 0 Å². The van der Waals surface area contributed by atoms with Crippen LogP contribution in [-0.2, 0) is 0 Å². The minimum absolute atomic E-state index is 0.860. The van der Waals surface area contributed by atoms with Crippen LogP contribution in [-0.4, -0.2) is 16.3 Å². The van der Waals surface area contributed by atoms with Crippen molar-refractivity contribution in [1.82, 2.24) is 0 Å². The fourth-order valence-electron chi connectivity index (χ4n) is 0.776. The van der Waals surface area contributed by atoms with Gasteiger partial charge in [-0.15, -0.1) is 0 Å². The highest BCUT2D eigenvalue weighted by Gasteiger charge is 1.97. The Bertz CT molecular complexity index is 76.0. The Morgan fingerprint density at radius 1 is 1.27 bits per heavy atom. The van der Waals surface area contributed by atoms with Crippen LogP contribution in [0.25, 0.3) is 0 Å². The Morgan fingerprint density at radius 2 is 2.00 bits per heavy atom. The van der Waals surface area contributed by atoms with Crippen molar-refractivity contribution in [1.29, 1.82) is 0 Å². The SMILES string of the molecule is CCC(C)SCCCCCBr. The molecule has 0 aliphatic heterocycles. The Labute approximate surface area is 83.6 Å². The van der Waals surface area contributed by atoms with Crippen LogP contribution in [0.2, 0.25) is 0 Å². The van der Waals surface area contributed by atoms with Gasteiger partial charge in [0.2, 0.25) is 0 Å². The summed E-state index contributed by atoms with van der Waals surface area (Å²) < 4.78 is 0. The number of hydrogen-bond acceptors (Lipinski definition) is 1. The van der Waals surface area contributed by atoms with E-state index in [0.29, 0.717) is 0 Å². The molecule has 0 radical (unpaired) electrons. The zero-order valence-electron chi connectivity index (χ0n) is 7.61. The zero-order chi connectivity index (χ0) is 8.53. The molecular formula is C9H19BrS. The molecule has 1 unspecified atom stereocenters. The predicted octanol–water partition coefficient (Wildman–Crippen LogP) is 4.08. The topological polar surface area (TPSA) is 0 Å². The highest BCUT2D eigenvalue weighted by Crippen LogP contribution is 2.15. The quantitative estimate of drug-likeness (QED) is 0.476. The third kappa shape index (κ3) is 8.74. The van der Waals surface area contributed by atoms with E-state index < -0.39 is 0 Å². The maximum atomic E-state index is 3.44. The molecule has 0 aliphatic rings. The molecule has 0 aromatic heterocycles. The van der Waals surface area contributed by atoms with Crippen LogP contribution >= 0.6 is 27.7 Å². The Balaban J connectivity index is 2.89. The maximum absolute atomic E-state index is 3.44. The van der Waals surface area contributed by atoms with E-state index in [0.717, 1.165) is 5.25 Å². The van der Waals surface area contributed by atoms with Crippen molar-refractivity contribution in [2.45, 2.75) is 44.8 Å². The zero-order valence-corrected chi connectivity index (χ0v) is 10.0. The van der Waals surface area contributed by atoms with Crippen molar-refractivity contribution in [2.75, 3.05) is 11.1 Å². The number of hydrogen-bond donors (Lipinski definition) is 0. The summed E-state index contributed by atoms with van der Waals surface area (Å²) in [4.78, 5) is 0. The summed E-state index contributed by atoms with van der Waals surface area (Å²) in [6.07, 6.45) is 5.42. The molecule has 11 heavy (non-hydrogen) atoms. The van der Waals surface area contributed by atoms with Gasteiger partial charge in [-0.3, -0.25) is 0 Å². The van der Waals surface area contributed by atoms with Crippen molar-refractivity contribution in [3.8, 4) is 0 Å². The highest BCUT2D eigenvalue weighted by molar-refractivity contribution is 9.09. The number of alkyl halides is 1. The van der Waals surface area contributed by atoms with Gasteiger partial charge >= 0.3 is 0 Å². The minimum atomic E-state index is 0.860. The average Bonchev–Trinajstić information content (AvgIpc) is 2.04. The summed E-state index contributed by atoms with van der Waals surface area (Å²) in [6.45, 7) is 4.57. The fourth-order valence-corrected chi connectivity index (χ4v) is 2.18.